The van der Waals surface area contributed by atoms with Gasteiger partial charge in [-0.15, -0.1) is 0 Å². The van der Waals surface area contributed by atoms with Gasteiger partial charge in [0, 0.05) is 18.7 Å². The van der Waals surface area contributed by atoms with Crippen LogP contribution in [-0.2, 0) is 4.74 Å². The first-order valence-electron chi connectivity index (χ1n) is 5.13. The molecule has 1 rings (SSSR count). The molecule has 0 aliphatic carbocycles. The lowest BCUT2D eigenvalue weighted by molar-refractivity contribution is -0.0405. The van der Waals surface area contributed by atoms with Gasteiger partial charge in [-0.3, -0.25) is 0 Å². The van der Waals surface area contributed by atoms with Crippen molar-refractivity contribution in [3.63, 3.8) is 0 Å². The van der Waals surface area contributed by atoms with E-state index in [1.54, 1.807) is 0 Å². The average molecular weight is 230 g/mol. The lowest BCUT2D eigenvalue weighted by Crippen LogP contribution is -2.27. The van der Waals surface area contributed by atoms with E-state index in [9.17, 15) is 13.9 Å². The predicted octanol–water partition coefficient (Wildman–Crippen LogP) is 2.67. The molecule has 1 N–H and O–H groups in total. The fourth-order valence-corrected chi connectivity index (χ4v) is 1.68. The van der Waals surface area contributed by atoms with Crippen LogP contribution in [0, 0.1) is 17.6 Å². The van der Waals surface area contributed by atoms with Crippen LogP contribution in [0.1, 0.15) is 25.5 Å². The zero-order valence-electron chi connectivity index (χ0n) is 9.58. The molecule has 2 atom stereocenters. The molecule has 2 nitrogen and oxygen atoms in total. The molecular formula is C12H16F2O2. The van der Waals surface area contributed by atoms with Gasteiger partial charge in [0.25, 0.3) is 0 Å². The van der Waals surface area contributed by atoms with E-state index in [4.69, 9.17) is 4.74 Å². The Morgan fingerprint density at radius 1 is 1.25 bits per heavy atom. The highest BCUT2D eigenvalue weighted by Crippen LogP contribution is 2.26. The summed E-state index contributed by atoms with van der Waals surface area (Å²) in [5.41, 5.74) is 0.0574. The smallest absolute Gasteiger partial charge is 0.132 e. The van der Waals surface area contributed by atoms with E-state index in [0.29, 0.717) is 0 Å². The van der Waals surface area contributed by atoms with Gasteiger partial charge in [0.05, 0.1) is 6.10 Å². The summed E-state index contributed by atoms with van der Waals surface area (Å²) in [7, 11) is 1.45. The summed E-state index contributed by atoms with van der Waals surface area (Å²) in [4.78, 5) is 0. The number of halogens is 2. The third-order valence-electron chi connectivity index (χ3n) is 2.52. The predicted molar refractivity (Wildman–Crippen MR) is 57.0 cm³/mol. The molecule has 1 aromatic rings. The van der Waals surface area contributed by atoms with Crippen molar-refractivity contribution in [2.75, 3.05) is 7.11 Å². The van der Waals surface area contributed by atoms with Crippen LogP contribution in [0.2, 0.25) is 0 Å². The van der Waals surface area contributed by atoms with Gasteiger partial charge in [-0.05, 0) is 12.0 Å². The summed E-state index contributed by atoms with van der Waals surface area (Å²) in [6.45, 7) is 3.72. The second-order valence-corrected chi connectivity index (χ2v) is 4.06. The maximum absolute atomic E-state index is 13.4. The topological polar surface area (TPSA) is 29.5 Å². The van der Waals surface area contributed by atoms with Crippen molar-refractivity contribution in [1.29, 1.82) is 0 Å². The first kappa shape index (κ1) is 13.1. The Balaban J connectivity index is 2.99. The average Bonchev–Trinajstić information content (AvgIpc) is 2.17. The van der Waals surface area contributed by atoms with Gasteiger partial charge in [-0.25, -0.2) is 8.78 Å². The number of methoxy groups -OCH3 is 1. The molecule has 90 valence electrons. The maximum atomic E-state index is 13.4. The highest BCUT2D eigenvalue weighted by Gasteiger charge is 2.26. The van der Waals surface area contributed by atoms with Gasteiger partial charge < -0.3 is 9.84 Å². The Kier molecular flexibility index (Phi) is 4.38. The van der Waals surface area contributed by atoms with Crippen molar-refractivity contribution < 1.29 is 18.6 Å². The molecule has 0 bridgehead atoms. The molecule has 0 amide bonds. The molecule has 0 aliphatic heterocycles. The van der Waals surface area contributed by atoms with Gasteiger partial charge >= 0.3 is 0 Å². The zero-order chi connectivity index (χ0) is 12.3. The monoisotopic (exact) mass is 230 g/mol. The van der Waals surface area contributed by atoms with Crippen molar-refractivity contribution >= 4 is 0 Å². The van der Waals surface area contributed by atoms with E-state index >= 15 is 0 Å². The lowest BCUT2D eigenvalue weighted by Gasteiger charge is -2.25. The molecule has 0 radical (unpaired) electrons. The van der Waals surface area contributed by atoms with Crippen molar-refractivity contribution in [3.05, 3.63) is 35.4 Å². The number of aliphatic hydroxyl groups is 1. The molecule has 4 heteroatoms. The van der Waals surface area contributed by atoms with Gasteiger partial charge in [0.1, 0.15) is 17.7 Å². The fourth-order valence-electron chi connectivity index (χ4n) is 1.68. The Labute approximate surface area is 93.9 Å². The minimum atomic E-state index is -1.09. The van der Waals surface area contributed by atoms with Crippen LogP contribution in [0.25, 0.3) is 0 Å². The number of aliphatic hydroxyl groups excluding tert-OH is 1. The SMILES string of the molecule is COC(C(C)C)C(O)c1ccc(F)cc1F. The van der Waals surface area contributed by atoms with E-state index < -0.39 is 23.8 Å². The molecular weight excluding hydrogens is 214 g/mol. The molecule has 0 fully saturated rings. The Morgan fingerprint density at radius 2 is 1.88 bits per heavy atom. The van der Waals surface area contributed by atoms with Crippen LogP contribution < -0.4 is 0 Å². The lowest BCUT2D eigenvalue weighted by atomic mass is 9.95. The van der Waals surface area contributed by atoms with Crippen LogP contribution in [0.15, 0.2) is 18.2 Å². The molecule has 0 aliphatic rings. The number of hydrogen-bond donors (Lipinski definition) is 1. The molecule has 0 saturated carbocycles. The van der Waals surface area contributed by atoms with Crippen LogP contribution in [-0.4, -0.2) is 18.3 Å². The normalized spacial score (nSPS) is 15.2. The minimum absolute atomic E-state index is 0.0319. The summed E-state index contributed by atoms with van der Waals surface area (Å²) in [6.07, 6.45) is -1.61. The van der Waals surface area contributed by atoms with E-state index in [1.807, 2.05) is 13.8 Å². The standard InChI is InChI=1S/C12H16F2O2/c1-7(2)12(16-3)11(15)9-5-4-8(13)6-10(9)14/h4-7,11-12,15H,1-3H3. The molecule has 0 spiro atoms. The van der Waals surface area contributed by atoms with Gasteiger partial charge in [-0.1, -0.05) is 19.9 Å². The third-order valence-corrected chi connectivity index (χ3v) is 2.52. The third kappa shape index (κ3) is 2.77. The highest BCUT2D eigenvalue weighted by molar-refractivity contribution is 5.21. The molecule has 1 aromatic carbocycles. The quantitative estimate of drug-likeness (QED) is 0.861. The molecule has 0 saturated heterocycles. The second kappa shape index (κ2) is 5.37. The van der Waals surface area contributed by atoms with Crippen molar-refractivity contribution in [1.82, 2.24) is 0 Å². The van der Waals surface area contributed by atoms with Crippen molar-refractivity contribution in [2.45, 2.75) is 26.1 Å². The Morgan fingerprint density at radius 3 is 2.31 bits per heavy atom. The van der Waals surface area contributed by atoms with Crippen LogP contribution in [0.4, 0.5) is 8.78 Å². The highest BCUT2D eigenvalue weighted by atomic mass is 19.1. The molecule has 0 heterocycles. The van der Waals surface area contributed by atoms with Crippen LogP contribution in [0.3, 0.4) is 0 Å². The summed E-state index contributed by atoms with van der Waals surface area (Å²) in [6, 6.07) is 3.12. The fraction of sp³-hybridized carbons (Fsp3) is 0.500. The summed E-state index contributed by atoms with van der Waals surface area (Å²) < 4.78 is 31.2. The van der Waals surface area contributed by atoms with Crippen molar-refractivity contribution in [2.24, 2.45) is 5.92 Å². The van der Waals surface area contributed by atoms with E-state index in [0.717, 1.165) is 12.1 Å². The number of benzene rings is 1. The van der Waals surface area contributed by atoms with Crippen molar-refractivity contribution in [3.8, 4) is 0 Å². The molecule has 0 aromatic heterocycles. The second-order valence-electron chi connectivity index (χ2n) is 4.06. The van der Waals surface area contributed by atoms with Gasteiger partial charge in [-0.2, -0.15) is 0 Å². The summed E-state index contributed by atoms with van der Waals surface area (Å²) in [5, 5.41) is 9.93. The zero-order valence-corrected chi connectivity index (χ0v) is 9.58. The van der Waals surface area contributed by atoms with E-state index in [1.165, 1.54) is 13.2 Å². The summed E-state index contributed by atoms with van der Waals surface area (Å²) in [5.74, 6) is -1.38. The van der Waals surface area contributed by atoms with E-state index in [-0.39, 0.29) is 11.5 Å². The molecule has 2 unspecified atom stereocenters. The first-order chi connectivity index (χ1) is 7.47. The maximum Gasteiger partial charge on any atom is 0.132 e. The van der Waals surface area contributed by atoms with Crippen LogP contribution >= 0.6 is 0 Å². The first-order valence-corrected chi connectivity index (χ1v) is 5.13. The number of hydrogen-bond acceptors (Lipinski definition) is 2. The Bertz CT molecular complexity index is 353. The van der Waals surface area contributed by atoms with Gasteiger partial charge in [0.15, 0.2) is 0 Å². The number of rotatable bonds is 4. The van der Waals surface area contributed by atoms with E-state index in [2.05, 4.69) is 0 Å². The largest absolute Gasteiger partial charge is 0.386 e. The summed E-state index contributed by atoms with van der Waals surface area (Å²) >= 11 is 0. The van der Waals surface area contributed by atoms with Gasteiger partial charge in [0.2, 0.25) is 0 Å². The molecule has 16 heavy (non-hydrogen) atoms. The number of ether oxygens (including phenoxy) is 1. The Hall–Kier alpha value is -1.00. The van der Waals surface area contributed by atoms with Crippen LogP contribution in [0.5, 0.6) is 0 Å². The minimum Gasteiger partial charge on any atom is -0.386 e.